The van der Waals surface area contributed by atoms with E-state index in [4.69, 9.17) is 0 Å². The van der Waals surface area contributed by atoms with E-state index >= 15 is 0 Å². The van der Waals surface area contributed by atoms with Crippen molar-refractivity contribution in [1.82, 2.24) is 5.32 Å². The Morgan fingerprint density at radius 2 is 1.74 bits per heavy atom. The SMILES string of the molecule is CCCNC(Cc1c(C)cccc1C)CC(F)(F)F. The minimum atomic E-state index is -4.12. The van der Waals surface area contributed by atoms with Gasteiger partial charge < -0.3 is 5.32 Å². The van der Waals surface area contributed by atoms with Crippen molar-refractivity contribution in [2.45, 2.75) is 52.3 Å². The van der Waals surface area contributed by atoms with Gasteiger partial charge in [-0.3, -0.25) is 0 Å². The Bertz CT molecular complexity index is 379. The number of hydrogen-bond donors (Lipinski definition) is 1. The zero-order valence-corrected chi connectivity index (χ0v) is 11.8. The van der Waals surface area contributed by atoms with Crippen molar-refractivity contribution in [2.24, 2.45) is 0 Å². The maximum Gasteiger partial charge on any atom is 0.390 e. The Labute approximate surface area is 113 Å². The molecule has 1 aromatic carbocycles. The molecule has 1 rings (SSSR count). The van der Waals surface area contributed by atoms with Crippen LogP contribution >= 0.6 is 0 Å². The molecular formula is C15H22F3N. The summed E-state index contributed by atoms with van der Waals surface area (Å²) >= 11 is 0. The molecule has 0 heterocycles. The highest BCUT2D eigenvalue weighted by atomic mass is 19.4. The van der Waals surface area contributed by atoms with Crippen molar-refractivity contribution in [3.8, 4) is 0 Å². The van der Waals surface area contributed by atoms with Crippen LogP contribution in [-0.4, -0.2) is 18.8 Å². The number of aryl methyl sites for hydroxylation is 2. The lowest BCUT2D eigenvalue weighted by molar-refractivity contribution is -0.139. The fraction of sp³-hybridized carbons (Fsp3) is 0.600. The molecule has 1 N–H and O–H groups in total. The first kappa shape index (κ1) is 16.0. The van der Waals surface area contributed by atoms with Gasteiger partial charge in [-0.2, -0.15) is 13.2 Å². The predicted octanol–water partition coefficient (Wildman–Crippen LogP) is 4.17. The third-order valence-corrected chi connectivity index (χ3v) is 3.26. The average molecular weight is 273 g/mol. The topological polar surface area (TPSA) is 12.0 Å². The lowest BCUT2D eigenvalue weighted by atomic mass is 9.95. The molecule has 0 saturated carbocycles. The van der Waals surface area contributed by atoms with Crippen LogP contribution in [0.4, 0.5) is 13.2 Å². The van der Waals surface area contributed by atoms with Crippen molar-refractivity contribution in [3.63, 3.8) is 0 Å². The second kappa shape index (κ2) is 6.94. The molecule has 4 heteroatoms. The van der Waals surface area contributed by atoms with Gasteiger partial charge in [0.15, 0.2) is 0 Å². The lowest BCUT2D eigenvalue weighted by Crippen LogP contribution is -2.36. The first-order valence-corrected chi connectivity index (χ1v) is 6.68. The molecular weight excluding hydrogens is 251 g/mol. The van der Waals surface area contributed by atoms with E-state index in [1.165, 1.54) is 0 Å². The average Bonchev–Trinajstić information content (AvgIpc) is 2.29. The van der Waals surface area contributed by atoms with E-state index in [9.17, 15) is 13.2 Å². The van der Waals surface area contributed by atoms with E-state index in [2.05, 4.69) is 5.32 Å². The summed E-state index contributed by atoms with van der Waals surface area (Å²) in [5, 5.41) is 3.01. The van der Waals surface area contributed by atoms with Crippen LogP contribution < -0.4 is 5.32 Å². The largest absolute Gasteiger partial charge is 0.390 e. The van der Waals surface area contributed by atoms with Crippen LogP contribution in [0.15, 0.2) is 18.2 Å². The highest BCUT2D eigenvalue weighted by Gasteiger charge is 2.31. The zero-order chi connectivity index (χ0) is 14.5. The highest BCUT2D eigenvalue weighted by molar-refractivity contribution is 5.34. The molecule has 0 radical (unpaired) electrons. The summed E-state index contributed by atoms with van der Waals surface area (Å²) in [5.41, 5.74) is 3.15. The first-order chi connectivity index (χ1) is 8.83. The molecule has 0 amide bonds. The second-order valence-corrected chi connectivity index (χ2v) is 5.04. The number of nitrogens with one attached hydrogen (secondary N) is 1. The van der Waals surface area contributed by atoms with Gasteiger partial charge in [-0.05, 0) is 49.9 Å². The van der Waals surface area contributed by atoms with Crippen molar-refractivity contribution in [2.75, 3.05) is 6.54 Å². The number of rotatable bonds is 6. The van der Waals surface area contributed by atoms with Gasteiger partial charge >= 0.3 is 6.18 Å². The van der Waals surface area contributed by atoms with Crippen molar-refractivity contribution in [1.29, 1.82) is 0 Å². The van der Waals surface area contributed by atoms with Gasteiger partial charge in [0, 0.05) is 6.04 Å². The molecule has 0 aliphatic heterocycles. The molecule has 1 aromatic rings. The molecule has 0 saturated heterocycles. The fourth-order valence-corrected chi connectivity index (χ4v) is 2.26. The zero-order valence-electron chi connectivity index (χ0n) is 11.8. The molecule has 0 aliphatic carbocycles. The summed E-state index contributed by atoms with van der Waals surface area (Å²) in [6.45, 7) is 6.47. The Kier molecular flexibility index (Phi) is 5.85. The summed E-state index contributed by atoms with van der Waals surface area (Å²) in [5.74, 6) is 0. The van der Waals surface area contributed by atoms with Crippen LogP contribution in [0, 0.1) is 13.8 Å². The molecule has 0 spiro atoms. The van der Waals surface area contributed by atoms with E-state index in [-0.39, 0.29) is 0 Å². The van der Waals surface area contributed by atoms with Crippen LogP contribution in [0.1, 0.15) is 36.5 Å². The lowest BCUT2D eigenvalue weighted by Gasteiger charge is -2.22. The summed E-state index contributed by atoms with van der Waals surface area (Å²) in [7, 11) is 0. The molecule has 1 atom stereocenters. The van der Waals surface area contributed by atoms with Gasteiger partial charge in [0.25, 0.3) is 0 Å². The second-order valence-electron chi connectivity index (χ2n) is 5.04. The van der Waals surface area contributed by atoms with E-state index in [0.717, 1.165) is 23.1 Å². The van der Waals surface area contributed by atoms with Crippen molar-refractivity contribution in [3.05, 3.63) is 34.9 Å². The van der Waals surface area contributed by atoms with E-state index in [1.54, 1.807) is 0 Å². The van der Waals surface area contributed by atoms with Gasteiger partial charge in [0.2, 0.25) is 0 Å². The molecule has 0 bridgehead atoms. The molecule has 0 aliphatic rings. The monoisotopic (exact) mass is 273 g/mol. The standard InChI is InChI=1S/C15H22F3N/c1-4-8-19-13(10-15(16,17)18)9-14-11(2)6-5-7-12(14)3/h5-7,13,19H,4,8-10H2,1-3H3. The molecule has 1 unspecified atom stereocenters. The van der Waals surface area contributed by atoms with Crippen LogP contribution in [0.3, 0.4) is 0 Å². The Morgan fingerprint density at radius 1 is 1.16 bits per heavy atom. The highest BCUT2D eigenvalue weighted by Crippen LogP contribution is 2.25. The normalized spacial score (nSPS) is 13.6. The molecule has 19 heavy (non-hydrogen) atoms. The van der Waals surface area contributed by atoms with Gasteiger partial charge in [-0.25, -0.2) is 0 Å². The van der Waals surface area contributed by atoms with Crippen LogP contribution in [0.5, 0.6) is 0 Å². The van der Waals surface area contributed by atoms with Crippen molar-refractivity contribution >= 4 is 0 Å². The number of halogens is 3. The first-order valence-electron chi connectivity index (χ1n) is 6.68. The summed E-state index contributed by atoms with van der Waals surface area (Å²) in [6, 6.07) is 5.30. The quantitative estimate of drug-likeness (QED) is 0.820. The van der Waals surface area contributed by atoms with Crippen LogP contribution in [0.25, 0.3) is 0 Å². The number of hydrogen-bond acceptors (Lipinski definition) is 1. The Hall–Kier alpha value is -1.03. The Balaban J connectivity index is 2.81. The minimum Gasteiger partial charge on any atom is -0.313 e. The predicted molar refractivity (Wildman–Crippen MR) is 72.4 cm³/mol. The third kappa shape index (κ3) is 5.64. The molecule has 0 fully saturated rings. The molecule has 108 valence electrons. The smallest absolute Gasteiger partial charge is 0.313 e. The molecule has 0 aromatic heterocycles. The van der Waals surface area contributed by atoms with Gasteiger partial charge in [0.1, 0.15) is 0 Å². The minimum absolute atomic E-state index is 0.429. The Morgan fingerprint density at radius 3 is 2.21 bits per heavy atom. The van der Waals surface area contributed by atoms with E-state index in [0.29, 0.717) is 13.0 Å². The molecule has 1 nitrogen and oxygen atoms in total. The third-order valence-electron chi connectivity index (χ3n) is 3.26. The van der Waals surface area contributed by atoms with Crippen LogP contribution in [-0.2, 0) is 6.42 Å². The van der Waals surface area contributed by atoms with Gasteiger partial charge in [-0.15, -0.1) is 0 Å². The summed E-state index contributed by atoms with van der Waals surface area (Å²) < 4.78 is 37.8. The van der Waals surface area contributed by atoms with Gasteiger partial charge in [-0.1, -0.05) is 25.1 Å². The summed E-state index contributed by atoms with van der Waals surface area (Å²) in [6.07, 6.45) is -3.64. The number of alkyl halides is 3. The van der Waals surface area contributed by atoms with E-state index in [1.807, 2.05) is 39.0 Å². The maximum atomic E-state index is 12.6. The van der Waals surface area contributed by atoms with Crippen LogP contribution in [0.2, 0.25) is 0 Å². The van der Waals surface area contributed by atoms with Crippen molar-refractivity contribution < 1.29 is 13.2 Å². The maximum absolute atomic E-state index is 12.6. The summed E-state index contributed by atoms with van der Waals surface area (Å²) in [4.78, 5) is 0. The fourth-order valence-electron chi connectivity index (χ4n) is 2.26. The number of benzene rings is 1. The van der Waals surface area contributed by atoms with Gasteiger partial charge in [0.05, 0.1) is 6.42 Å². The van der Waals surface area contributed by atoms with E-state index < -0.39 is 18.6 Å².